The summed E-state index contributed by atoms with van der Waals surface area (Å²) >= 11 is 0. The van der Waals surface area contributed by atoms with Gasteiger partial charge in [0.2, 0.25) is 0 Å². The van der Waals surface area contributed by atoms with Gasteiger partial charge in [0.1, 0.15) is 17.2 Å². The SMILES string of the molecule is Cc1cc(-c2c(C)ccc(O)c2-c2cc(C)c(O)cc2C)c(C)cc1O. The number of aryl methyl sites for hydroxylation is 5. The summed E-state index contributed by atoms with van der Waals surface area (Å²) in [4.78, 5) is 0. The zero-order valence-electron chi connectivity index (χ0n) is 15.8. The Morgan fingerprint density at radius 1 is 0.462 bits per heavy atom. The number of hydrogen-bond acceptors (Lipinski definition) is 3. The fraction of sp³-hybridized carbons (Fsp3) is 0.217. The van der Waals surface area contributed by atoms with E-state index in [0.29, 0.717) is 0 Å². The van der Waals surface area contributed by atoms with Crippen LogP contribution in [0.25, 0.3) is 22.3 Å². The molecular weight excluding hydrogens is 324 g/mol. The Hall–Kier alpha value is -2.94. The molecule has 134 valence electrons. The van der Waals surface area contributed by atoms with E-state index in [-0.39, 0.29) is 17.2 Å². The lowest BCUT2D eigenvalue weighted by Crippen LogP contribution is -1.96. The van der Waals surface area contributed by atoms with Crippen LogP contribution in [-0.2, 0) is 0 Å². The first-order chi connectivity index (χ1) is 12.2. The van der Waals surface area contributed by atoms with Crippen molar-refractivity contribution in [1.29, 1.82) is 0 Å². The highest BCUT2D eigenvalue weighted by Crippen LogP contribution is 2.45. The van der Waals surface area contributed by atoms with Crippen LogP contribution in [0.2, 0.25) is 0 Å². The lowest BCUT2D eigenvalue weighted by molar-refractivity contribution is 0.470. The van der Waals surface area contributed by atoms with E-state index in [2.05, 4.69) is 0 Å². The summed E-state index contributed by atoms with van der Waals surface area (Å²) in [6.45, 7) is 9.61. The fourth-order valence-corrected chi connectivity index (χ4v) is 3.46. The molecule has 0 aromatic heterocycles. The molecule has 3 rings (SSSR count). The number of aromatic hydroxyl groups is 3. The van der Waals surface area contributed by atoms with Crippen LogP contribution in [0, 0.1) is 34.6 Å². The Morgan fingerprint density at radius 2 is 0.923 bits per heavy atom. The number of benzene rings is 3. The number of rotatable bonds is 2. The van der Waals surface area contributed by atoms with E-state index in [4.69, 9.17) is 0 Å². The second kappa shape index (κ2) is 6.41. The summed E-state index contributed by atoms with van der Waals surface area (Å²) in [7, 11) is 0. The minimum atomic E-state index is 0.198. The Labute approximate surface area is 154 Å². The predicted octanol–water partition coefficient (Wildman–Crippen LogP) is 5.68. The Morgan fingerprint density at radius 3 is 1.42 bits per heavy atom. The highest BCUT2D eigenvalue weighted by Gasteiger charge is 2.19. The van der Waals surface area contributed by atoms with Gasteiger partial charge in [-0.2, -0.15) is 0 Å². The van der Waals surface area contributed by atoms with E-state index in [1.807, 2.05) is 52.8 Å². The van der Waals surface area contributed by atoms with Crippen LogP contribution in [-0.4, -0.2) is 15.3 Å². The smallest absolute Gasteiger partial charge is 0.124 e. The summed E-state index contributed by atoms with van der Waals surface area (Å²) in [5.41, 5.74) is 7.98. The molecule has 0 fully saturated rings. The van der Waals surface area contributed by atoms with Crippen molar-refractivity contribution in [2.75, 3.05) is 0 Å². The number of phenolic OH excluding ortho intramolecular Hbond substituents is 3. The van der Waals surface area contributed by atoms with Crippen LogP contribution in [0.15, 0.2) is 36.4 Å². The monoisotopic (exact) mass is 348 g/mol. The zero-order chi connectivity index (χ0) is 19.2. The molecule has 3 heteroatoms. The van der Waals surface area contributed by atoms with Gasteiger partial charge in [0.05, 0.1) is 0 Å². The molecule has 0 aliphatic rings. The maximum Gasteiger partial charge on any atom is 0.124 e. The molecule has 0 aliphatic heterocycles. The molecular formula is C23H24O3. The van der Waals surface area contributed by atoms with Crippen LogP contribution < -0.4 is 0 Å². The van der Waals surface area contributed by atoms with Crippen molar-refractivity contribution in [3.8, 4) is 39.5 Å². The molecule has 0 unspecified atom stereocenters. The summed E-state index contributed by atoms with van der Waals surface area (Å²) in [6.07, 6.45) is 0. The molecule has 0 bridgehead atoms. The molecule has 3 aromatic carbocycles. The first-order valence-corrected chi connectivity index (χ1v) is 8.64. The predicted molar refractivity (Wildman–Crippen MR) is 106 cm³/mol. The molecule has 0 saturated heterocycles. The third kappa shape index (κ3) is 2.90. The molecule has 0 atom stereocenters. The van der Waals surface area contributed by atoms with Crippen LogP contribution in [0.5, 0.6) is 17.2 Å². The Bertz CT molecular complexity index is 934. The normalized spacial score (nSPS) is 11.0. The van der Waals surface area contributed by atoms with E-state index in [0.717, 1.165) is 50.1 Å². The van der Waals surface area contributed by atoms with Gasteiger partial charge in [-0.1, -0.05) is 6.07 Å². The van der Waals surface area contributed by atoms with Gasteiger partial charge in [0.15, 0.2) is 0 Å². The van der Waals surface area contributed by atoms with E-state index < -0.39 is 0 Å². The largest absolute Gasteiger partial charge is 0.508 e. The third-order valence-electron chi connectivity index (χ3n) is 5.02. The lowest BCUT2D eigenvalue weighted by atomic mass is 9.85. The van der Waals surface area contributed by atoms with Crippen LogP contribution >= 0.6 is 0 Å². The molecule has 3 aromatic rings. The Balaban J connectivity index is 2.41. The van der Waals surface area contributed by atoms with Gasteiger partial charge < -0.3 is 15.3 Å². The summed E-state index contributed by atoms with van der Waals surface area (Å²) in [5, 5.41) is 30.7. The molecule has 0 radical (unpaired) electrons. The van der Waals surface area contributed by atoms with Crippen molar-refractivity contribution < 1.29 is 15.3 Å². The zero-order valence-corrected chi connectivity index (χ0v) is 15.8. The molecule has 0 heterocycles. The van der Waals surface area contributed by atoms with E-state index in [9.17, 15) is 15.3 Å². The first kappa shape index (κ1) is 17.9. The average molecular weight is 348 g/mol. The molecule has 0 amide bonds. The molecule has 0 saturated carbocycles. The van der Waals surface area contributed by atoms with Gasteiger partial charge >= 0.3 is 0 Å². The van der Waals surface area contributed by atoms with Gasteiger partial charge in [-0.25, -0.2) is 0 Å². The van der Waals surface area contributed by atoms with Gasteiger partial charge in [-0.3, -0.25) is 0 Å². The van der Waals surface area contributed by atoms with Crippen molar-refractivity contribution in [3.63, 3.8) is 0 Å². The maximum absolute atomic E-state index is 10.7. The number of hydrogen-bond donors (Lipinski definition) is 3. The average Bonchev–Trinajstić information content (AvgIpc) is 2.57. The van der Waals surface area contributed by atoms with E-state index in [1.165, 1.54) is 0 Å². The highest BCUT2D eigenvalue weighted by atomic mass is 16.3. The standard InChI is InChI=1S/C23H24O3/c1-12-6-7-19(24)23(18-9-16(5)21(26)11-14(18)3)22(12)17-8-15(4)20(25)10-13(17)2/h6-11,24-26H,1-5H3. The van der Waals surface area contributed by atoms with Gasteiger partial charge in [-0.05, 0) is 109 Å². The lowest BCUT2D eigenvalue weighted by Gasteiger charge is -2.20. The Kier molecular flexibility index (Phi) is 4.41. The van der Waals surface area contributed by atoms with Gasteiger partial charge in [-0.15, -0.1) is 0 Å². The first-order valence-electron chi connectivity index (χ1n) is 8.64. The highest BCUT2D eigenvalue weighted by molar-refractivity contribution is 5.92. The second-order valence-corrected chi connectivity index (χ2v) is 7.06. The molecule has 0 aliphatic carbocycles. The topological polar surface area (TPSA) is 60.7 Å². The van der Waals surface area contributed by atoms with Crippen LogP contribution in [0.3, 0.4) is 0 Å². The fourth-order valence-electron chi connectivity index (χ4n) is 3.46. The quantitative estimate of drug-likeness (QED) is 0.558. The van der Waals surface area contributed by atoms with Gasteiger partial charge in [0.25, 0.3) is 0 Å². The number of phenols is 3. The van der Waals surface area contributed by atoms with Crippen molar-refractivity contribution in [2.24, 2.45) is 0 Å². The van der Waals surface area contributed by atoms with E-state index in [1.54, 1.807) is 18.2 Å². The molecule has 0 spiro atoms. The molecule has 26 heavy (non-hydrogen) atoms. The van der Waals surface area contributed by atoms with Crippen molar-refractivity contribution in [2.45, 2.75) is 34.6 Å². The maximum atomic E-state index is 10.7. The third-order valence-corrected chi connectivity index (χ3v) is 5.02. The molecule has 3 nitrogen and oxygen atoms in total. The van der Waals surface area contributed by atoms with Crippen molar-refractivity contribution in [1.82, 2.24) is 0 Å². The van der Waals surface area contributed by atoms with Crippen LogP contribution in [0.1, 0.15) is 27.8 Å². The summed E-state index contributed by atoms with van der Waals surface area (Å²) in [6, 6.07) is 11.0. The molecule has 3 N–H and O–H groups in total. The van der Waals surface area contributed by atoms with Crippen molar-refractivity contribution >= 4 is 0 Å². The van der Waals surface area contributed by atoms with Crippen molar-refractivity contribution in [3.05, 3.63) is 64.2 Å². The summed E-state index contributed by atoms with van der Waals surface area (Å²) < 4.78 is 0. The summed E-state index contributed by atoms with van der Waals surface area (Å²) in [5.74, 6) is 0.711. The van der Waals surface area contributed by atoms with E-state index >= 15 is 0 Å². The van der Waals surface area contributed by atoms with Crippen LogP contribution in [0.4, 0.5) is 0 Å². The minimum Gasteiger partial charge on any atom is -0.508 e. The minimum absolute atomic E-state index is 0.198. The van der Waals surface area contributed by atoms with Gasteiger partial charge in [0, 0.05) is 5.56 Å². The second-order valence-electron chi connectivity index (χ2n) is 7.06.